The van der Waals surface area contributed by atoms with Crippen molar-refractivity contribution in [3.05, 3.63) is 29.8 Å². The lowest BCUT2D eigenvalue weighted by molar-refractivity contribution is 0.137. The van der Waals surface area contributed by atoms with Gasteiger partial charge in [-0.15, -0.1) is 11.8 Å². The van der Waals surface area contributed by atoms with E-state index in [2.05, 4.69) is 38.1 Å². The zero-order chi connectivity index (χ0) is 12.3. The normalized spacial score (nSPS) is 25.2. The van der Waals surface area contributed by atoms with Gasteiger partial charge in [0.1, 0.15) is 0 Å². The Morgan fingerprint density at radius 3 is 2.35 bits per heavy atom. The fourth-order valence-corrected chi connectivity index (χ4v) is 3.54. The van der Waals surface area contributed by atoms with Gasteiger partial charge < -0.3 is 5.11 Å². The minimum absolute atomic E-state index is 0.112. The molecule has 17 heavy (non-hydrogen) atoms. The van der Waals surface area contributed by atoms with Gasteiger partial charge in [0.25, 0.3) is 0 Å². The van der Waals surface area contributed by atoms with Crippen molar-refractivity contribution in [1.29, 1.82) is 0 Å². The fourth-order valence-electron chi connectivity index (χ4n) is 2.32. The van der Waals surface area contributed by atoms with E-state index >= 15 is 0 Å². The summed E-state index contributed by atoms with van der Waals surface area (Å²) in [7, 11) is 0. The van der Waals surface area contributed by atoms with Gasteiger partial charge in [-0.3, -0.25) is 0 Å². The molecule has 0 amide bonds. The van der Waals surface area contributed by atoms with E-state index in [1.54, 1.807) is 0 Å². The Labute approximate surface area is 109 Å². The van der Waals surface area contributed by atoms with Gasteiger partial charge in [0.15, 0.2) is 0 Å². The molecular weight excluding hydrogens is 228 g/mol. The zero-order valence-electron chi connectivity index (χ0n) is 10.7. The monoisotopic (exact) mass is 250 g/mol. The van der Waals surface area contributed by atoms with Crippen LogP contribution in [-0.2, 0) is 0 Å². The maximum absolute atomic E-state index is 9.95. The Kier molecular flexibility index (Phi) is 4.52. The number of rotatable bonds is 3. The molecule has 1 nitrogen and oxygen atoms in total. The minimum Gasteiger partial charge on any atom is -0.392 e. The highest BCUT2D eigenvalue weighted by molar-refractivity contribution is 8.00. The Morgan fingerprint density at radius 1 is 1.12 bits per heavy atom. The van der Waals surface area contributed by atoms with Crippen molar-refractivity contribution >= 4 is 11.8 Å². The summed E-state index contributed by atoms with van der Waals surface area (Å²) >= 11 is 1.84. The molecule has 1 aliphatic carbocycles. The van der Waals surface area contributed by atoms with Crippen LogP contribution in [0.15, 0.2) is 29.2 Å². The third-order valence-electron chi connectivity index (χ3n) is 3.50. The van der Waals surface area contributed by atoms with Gasteiger partial charge in [0, 0.05) is 10.1 Å². The predicted molar refractivity (Wildman–Crippen MR) is 74.7 cm³/mol. The van der Waals surface area contributed by atoms with Gasteiger partial charge in [-0.1, -0.05) is 38.8 Å². The quantitative estimate of drug-likeness (QED) is 0.867. The highest BCUT2D eigenvalue weighted by Gasteiger charge is 2.23. The van der Waals surface area contributed by atoms with Crippen molar-refractivity contribution in [3.8, 4) is 0 Å². The summed E-state index contributed by atoms with van der Waals surface area (Å²) in [6.45, 7) is 4.43. The molecule has 1 aromatic rings. The molecule has 0 aromatic heterocycles. The minimum atomic E-state index is -0.112. The second kappa shape index (κ2) is 5.92. The molecule has 94 valence electrons. The smallest absolute Gasteiger partial charge is 0.0662 e. The molecule has 1 saturated carbocycles. The van der Waals surface area contributed by atoms with Crippen LogP contribution in [0.4, 0.5) is 0 Å². The summed E-state index contributed by atoms with van der Waals surface area (Å²) < 4.78 is 0. The number of hydrogen-bond donors (Lipinski definition) is 1. The highest BCUT2D eigenvalue weighted by Crippen LogP contribution is 2.34. The van der Waals surface area contributed by atoms with E-state index in [9.17, 15) is 5.11 Å². The number of benzene rings is 1. The summed E-state index contributed by atoms with van der Waals surface area (Å²) in [5.41, 5.74) is 1.39. The van der Waals surface area contributed by atoms with Gasteiger partial charge in [0.05, 0.1) is 6.10 Å². The van der Waals surface area contributed by atoms with Crippen LogP contribution in [0.2, 0.25) is 0 Å². The summed E-state index contributed by atoms with van der Waals surface area (Å²) in [6.07, 6.45) is 4.46. The molecule has 0 heterocycles. The van der Waals surface area contributed by atoms with E-state index in [0.29, 0.717) is 11.2 Å². The molecule has 1 N–H and O–H groups in total. The lowest BCUT2D eigenvalue weighted by Gasteiger charge is -2.27. The Balaban J connectivity index is 1.98. The van der Waals surface area contributed by atoms with E-state index in [4.69, 9.17) is 0 Å². The van der Waals surface area contributed by atoms with Crippen LogP contribution in [-0.4, -0.2) is 16.5 Å². The van der Waals surface area contributed by atoms with Crippen molar-refractivity contribution in [1.82, 2.24) is 0 Å². The van der Waals surface area contributed by atoms with Gasteiger partial charge in [-0.05, 0) is 36.5 Å². The SMILES string of the molecule is CC(C)c1ccc(S[C@@H]2CCCC[C@H]2O)cc1. The fraction of sp³-hybridized carbons (Fsp3) is 0.600. The van der Waals surface area contributed by atoms with E-state index in [1.807, 2.05) is 11.8 Å². The largest absolute Gasteiger partial charge is 0.392 e. The average molecular weight is 250 g/mol. The van der Waals surface area contributed by atoms with Crippen molar-refractivity contribution in [2.24, 2.45) is 0 Å². The second-order valence-corrected chi connectivity index (χ2v) is 6.54. The van der Waals surface area contributed by atoms with Crippen molar-refractivity contribution in [3.63, 3.8) is 0 Å². The zero-order valence-corrected chi connectivity index (χ0v) is 11.5. The summed E-state index contributed by atoms with van der Waals surface area (Å²) in [4.78, 5) is 1.29. The van der Waals surface area contributed by atoms with E-state index in [-0.39, 0.29) is 6.10 Å². The van der Waals surface area contributed by atoms with Crippen LogP contribution in [0.1, 0.15) is 51.0 Å². The first-order valence-corrected chi connectivity index (χ1v) is 7.49. The molecule has 0 saturated heterocycles. The topological polar surface area (TPSA) is 20.2 Å². The molecule has 1 fully saturated rings. The first kappa shape index (κ1) is 13.0. The summed E-state index contributed by atoms with van der Waals surface area (Å²) in [6, 6.07) is 8.81. The van der Waals surface area contributed by atoms with Crippen LogP contribution >= 0.6 is 11.8 Å². The average Bonchev–Trinajstić information content (AvgIpc) is 2.33. The van der Waals surface area contributed by atoms with Crippen molar-refractivity contribution in [2.75, 3.05) is 0 Å². The maximum atomic E-state index is 9.95. The third kappa shape index (κ3) is 3.49. The standard InChI is InChI=1S/C15H22OS/c1-11(2)12-7-9-13(10-8-12)17-15-6-4-3-5-14(15)16/h7-11,14-16H,3-6H2,1-2H3/t14-,15-/m1/s1. The molecule has 0 radical (unpaired) electrons. The van der Waals surface area contributed by atoms with Crippen LogP contribution < -0.4 is 0 Å². The molecule has 0 bridgehead atoms. The molecule has 1 aromatic carbocycles. The second-order valence-electron chi connectivity index (χ2n) is 5.23. The molecule has 0 spiro atoms. The van der Waals surface area contributed by atoms with Crippen LogP contribution in [0.5, 0.6) is 0 Å². The number of aliphatic hydroxyl groups excluding tert-OH is 1. The van der Waals surface area contributed by atoms with Crippen molar-refractivity contribution in [2.45, 2.75) is 61.7 Å². The summed E-state index contributed by atoms with van der Waals surface area (Å²) in [5.74, 6) is 0.592. The van der Waals surface area contributed by atoms with E-state index in [0.717, 1.165) is 12.8 Å². The van der Waals surface area contributed by atoms with Crippen LogP contribution in [0.25, 0.3) is 0 Å². The lowest BCUT2D eigenvalue weighted by atomic mass is 9.97. The molecular formula is C15H22OS. The number of hydrogen-bond acceptors (Lipinski definition) is 2. The van der Waals surface area contributed by atoms with Gasteiger partial charge in [-0.2, -0.15) is 0 Å². The van der Waals surface area contributed by atoms with Gasteiger partial charge >= 0.3 is 0 Å². The first-order chi connectivity index (χ1) is 8.16. The molecule has 2 atom stereocenters. The van der Waals surface area contributed by atoms with E-state index in [1.165, 1.54) is 23.3 Å². The van der Waals surface area contributed by atoms with Crippen molar-refractivity contribution < 1.29 is 5.11 Å². The Morgan fingerprint density at radius 2 is 1.76 bits per heavy atom. The predicted octanol–water partition coefficient (Wildman–Crippen LogP) is 4.21. The van der Waals surface area contributed by atoms with E-state index < -0.39 is 0 Å². The molecule has 0 aliphatic heterocycles. The molecule has 2 heteroatoms. The molecule has 1 aliphatic rings. The van der Waals surface area contributed by atoms with Crippen LogP contribution in [0.3, 0.4) is 0 Å². The molecule has 0 unspecified atom stereocenters. The Bertz CT molecular complexity index is 344. The first-order valence-electron chi connectivity index (χ1n) is 6.61. The van der Waals surface area contributed by atoms with Gasteiger partial charge in [0.2, 0.25) is 0 Å². The van der Waals surface area contributed by atoms with Gasteiger partial charge in [-0.25, -0.2) is 0 Å². The Hall–Kier alpha value is -0.470. The number of thioether (sulfide) groups is 1. The maximum Gasteiger partial charge on any atom is 0.0662 e. The number of aliphatic hydroxyl groups is 1. The molecule has 2 rings (SSSR count). The summed E-state index contributed by atoms with van der Waals surface area (Å²) in [5, 5.41) is 10.3. The third-order valence-corrected chi connectivity index (χ3v) is 4.90. The highest BCUT2D eigenvalue weighted by atomic mass is 32.2. The van der Waals surface area contributed by atoms with Crippen LogP contribution in [0, 0.1) is 0 Å². The lowest BCUT2D eigenvalue weighted by Crippen LogP contribution is -2.26.